The lowest BCUT2D eigenvalue weighted by molar-refractivity contribution is 0.263. The van der Waals surface area contributed by atoms with Gasteiger partial charge in [0.05, 0.1) is 6.61 Å². The summed E-state index contributed by atoms with van der Waals surface area (Å²) in [7, 11) is 0. The third-order valence-corrected chi connectivity index (χ3v) is 3.14. The minimum Gasteiger partial charge on any atom is -0.396 e. The van der Waals surface area contributed by atoms with Gasteiger partial charge in [-0.05, 0) is 30.4 Å². The zero-order chi connectivity index (χ0) is 11.4. The smallest absolute Gasteiger partial charge is 0.128 e. The third-order valence-electron chi connectivity index (χ3n) is 3.14. The van der Waals surface area contributed by atoms with E-state index in [0.717, 1.165) is 37.3 Å². The van der Waals surface area contributed by atoms with Crippen LogP contribution in [0.4, 0.5) is 5.82 Å². The molecule has 1 aliphatic heterocycles. The molecule has 0 aliphatic carbocycles. The zero-order valence-corrected chi connectivity index (χ0v) is 9.34. The van der Waals surface area contributed by atoms with Gasteiger partial charge in [-0.3, -0.25) is 0 Å². The van der Waals surface area contributed by atoms with Gasteiger partial charge in [0.25, 0.3) is 0 Å². The van der Waals surface area contributed by atoms with Gasteiger partial charge >= 0.3 is 0 Å². The molecule has 1 atom stereocenters. The van der Waals surface area contributed by atoms with Crippen molar-refractivity contribution in [3.63, 3.8) is 0 Å². The molecule has 1 unspecified atom stereocenters. The van der Waals surface area contributed by atoms with Crippen LogP contribution in [0, 0.1) is 5.92 Å². The maximum absolute atomic E-state index is 8.92. The summed E-state index contributed by atoms with van der Waals surface area (Å²) in [6.45, 7) is 2.30. The fourth-order valence-electron chi connectivity index (χ4n) is 2.16. The van der Waals surface area contributed by atoms with Gasteiger partial charge in [-0.2, -0.15) is 0 Å². The molecule has 1 fully saturated rings. The summed E-state index contributed by atoms with van der Waals surface area (Å²) in [6, 6.07) is 3.86. The molecule has 1 aromatic heterocycles. The summed E-state index contributed by atoms with van der Waals surface area (Å²) in [6.07, 6.45) is 3.73. The van der Waals surface area contributed by atoms with E-state index in [2.05, 4.69) is 9.88 Å². The molecule has 2 N–H and O–H groups in total. The second kappa shape index (κ2) is 5.27. The van der Waals surface area contributed by atoms with E-state index in [-0.39, 0.29) is 13.2 Å². The summed E-state index contributed by atoms with van der Waals surface area (Å²) in [5.41, 5.74) is 0.842. The molecule has 0 spiro atoms. The Kier molecular flexibility index (Phi) is 3.74. The molecule has 0 radical (unpaired) electrons. The molecule has 0 bridgehead atoms. The summed E-state index contributed by atoms with van der Waals surface area (Å²) in [4.78, 5) is 6.57. The highest BCUT2D eigenvalue weighted by atomic mass is 16.3. The Balaban J connectivity index is 1.97. The van der Waals surface area contributed by atoms with E-state index in [1.54, 1.807) is 6.20 Å². The van der Waals surface area contributed by atoms with Crippen molar-refractivity contribution in [2.45, 2.75) is 19.4 Å². The lowest BCUT2D eigenvalue weighted by Gasteiger charge is -2.17. The van der Waals surface area contributed by atoms with Crippen LogP contribution in [0.25, 0.3) is 0 Å². The van der Waals surface area contributed by atoms with Gasteiger partial charge in [0, 0.05) is 25.9 Å². The number of aromatic nitrogens is 1. The molecular weight excluding hydrogens is 204 g/mol. The third kappa shape index (κ3) is 2.51. The van der Waals surface area contributed by atoms with Crippen LogP contribution in [0.1, 0.15) is 18.4 Å². The highest BCUT2D eigenvalue weighted by molar-refractivity contribution is 5.40. The summed E-state index contributed by atoms with van der Waals surface area (Å²) < 4.78 is 0. The topological polar surface area (TPSA) is 56.6 Å². The van der Waals surface area contributed by atoms with Crippen LogP contribution >= 0.6 is 0 Å². The predicted molar refractivity (Wildman–Crippen MR) is 62.2 cm³/mol. The van der Waals surface area contributed by atoms with Crippen LogP contribution in [0.5, 0.6) is 0 Å². The summed E-state index contributed by atoms with van der Waals surface area (Å²) in [5, 5.41) is 17.8. The van der Waals surface area contributed by atoms with E-state index in [1.807, 2.05) is 12.1 Å². The van der Waals surface area contributed by atoms with Crippen LogP contribution < -0.4 is 4.90 Å². The number of pyridine rings is 1. The number of aliphatic hydroxyl groups excluding tert-OH is 2. The van der Waals surface area contributed by atoms with Crippen molar-refractivity contribution in [1.29, 1.82) is 0 Å². The van der Waals surface area contributed by atoms with Crippen LogP contribution in [0.3, 0.4) is 0 Å². The molecule has 4 heteroatoms. The van der Waals surface area contributed by atoms with Crippen LogP contribution in [-0.4, -0.2) is 34.9 Å². The van der Waals surface area contributed by atoms with Crippen molar-refractivity contribution in [3.05, 3.63) is 23.9 Å². The molecular formula is C12H18N2O2. The molecule has 16 heavy (non-hydrogen) atoms. The highest BCUT2D eigenvalue weighted by Crippen LogP contribution is 2.23. The Labute approximate surface area is 95.5 Å². The standard InChI is InChI=1S/C12H18N2O2/c15-6-4-10-3-5-14(8-10)12-2-1-11(9-16)7-13-12/h1-2,7,10,15-16H,3-6,8-9H2. The maximum atomic E-state index is 8.92. The molecule has 0 saturated carbocycles. The van der Waals surface area contributed by atoms with Gasteiger partial charge < -0.3 is 15.1 Å². The van der Waals surface area contributed by atoms with E-state index in [0.29, 0.717) is 5.92 Å². The molecule has 2 rings (SSSR count). The minimum absolute atomic E-state index is 0.0421. The molecule has 2 heterocycles. The molecule has 1 aromatic rings. The Morgan fingerprint density at radius 2 is 2.25 bits per heavy atom. The van der Waals surface area contributed by atoms with Crippen molar-refractivity contribution < 1.29 is 10.2 Å². The van der Waals surface area contributed by atoms with Gasteiger partial charge in [0.1, 0.15) is 5.82 Å². The minimum atomic E-state index is 0.0421. The first-order valence-corrected chi connectivity index (χ1v) is 5.75. The Hall–Kier alpha value is -1.13. The van der Waals surface area contributed by atoms with Crippen molar-refractivity contribution in [3.8, 4) is 0 Å². The average molecular weight is 222 g/mol. The Morgan fingerprint density at radius 3 is 2.88 bits per heavy atom. The monoisotopic (exact) mass is 222 g/mol. The summed E-state index contributed by atoms with van der Waals surface area (Å²) in [5.74, 6) is 1.56. The lowest BCUT2D eigenvalue weighted by atomic mass is 10.1. The molecule has 0 amide bonds. The fraction of sp³-hybridized carbons (Fsp3) is 0.583. The van der Waals surface area contributed by atoms with Crippen LogP contribution in [0.2, 0.25) is 0 Å². The predicted octanol–water partition coefficient (Wildman–Crippen LogP) is 0.783. The highest BCUT2D eigenvalue weighted by Gasteiger charge is 2.22. The number of aliphatic hydroxyl groups is 2. The maximum Gasteiger partial charge on any atom is 0.128 e. The van der Waals surface area contributed by atoms with Gasteiger partial charge in [-0.1, -0.05) is 6.07 Å². The number of anilines is 1. The van der Waals surface area contributed by atoms with Crippen molar-refractivity contribution in [1.82, 2.24) is 4.98 Å². The zero-order valence-electron chi connectivity index (χ0n) is 9.34. The van der Waals surface area contributed by atoms with E-state index >= 15 is 0 Å². The second-order valence-corrected chi connectivity index (χ2v) is 4.30. The van der Waals surface area contributed by atoms with Gasteiger partial charge in [-0.15, -0.1) is 0 Å². The van der Waals surface area contributed by atoms with E-state index < -0.39 is 0 Å². The molecule has 0 aromatic carbocycles. The lowest BCUT2D eigenvalue weighted by Crippen LogP contribution is -2.21. The van der Waals surface area contributed by atoms with E-state index in [9.17, 15) is 0 Å². The van der Waals surface area contributed by atoms with Crippen LogP contribution in [-0.2, 0) is 6.61 Å². The number of nitrogens with zero attached hydrogens (tertiary/aromatic N) is 2. The summed E-state index contributed by atoms with van der Waals surface area (Å²) >= 11 is 0. The van der Waals surface area contributed by atoms with E-state index in [1.165, 1.54) is 0 Å². The Bertz CT molecular complexity index is 326. The van der Waals surface area contributed by atoms with E-state index in [4.69, 9.17) is 10.2 Å². The molecule has 1 saturated heterocycles. The average Bonchev–Trinajstić information content (AvgIpc) is 2.78. The van der Waals surface area contributed by atoms with Crippen molar-refractivity contribution in [2.24, 2.45) is 5.92 Å². The quantitative estimate of drug-likeness (QED) is 0.790. The number of hydrogen-bond acceptors (Lipinski definition) is 4. The van der Waals surface area contributed by atoms with Crippen molar-refractivity contribution in [2.75, 3.05) is 24.6 Å². The second-order valence-electron chi connectivity index (χ2n) is 4.30. The van der Waals surface area contributed by atoms with Crippen molar-refractivity contribution >= 4 is 5.82 Å². The fourth-order valence-corrected chi connectivity index (χ4v) is 2.16. The first-order chi connectivity index (χ1) is 7.83. The SMILES string of the molecule is OCCC1CCN(c2ccc(CO)cn2)C1. The number of rotatable bonds is 4. The number of hydrogen-bond donors (Lipinski definition) is 2. The van der Waals surface area contributed by atoms with Gasteiger partial charge in [0.15, 0.2) is 0 Å². The normalized spacial score (nSPS) is 20.4. The van der Waals surface area contributed by atoms with Crippen LogP contribution in [0.15, 0.2) is 18.3 Å². The molecule has 4 nitrogen and oxygen atoms in total. The van der Waals surface area contributed by atoms with Gasteiger partial charge in [0.2, 0.25) is 0 Å². The Morgan fingerprint density at radius 1 is 1.38 bits per heavy atom. The molecule has 88 valence electrons. The largest absolute Gasteiger partial charge is 0.396 e. The first kappa shape index (κ1) is 11.4. The van der Waals surface area contributed by atoms with Gasteiger partial charge in [-0.25, -0.2) is 4.98 Å². The first-order valence-electron chi connectivity index (χ1n) is 5.75. The molecule has 1 aliphatic rings.